The van der Waals surface area contributed by atoms with Gasteiger partial charge in [0.05, 0.1) is 5.69 Å². The Balaban J connectivity index is 0.00000338. The van der Waals surface area contributed by atoms with Gasteiger partial charge in [0.15, 0.2) is 11.4 Å². The van der Waals surface area contributed by atoms with Crippen molar-refractivity contribution in [3.8, 4) is 5.69 Å². The third-order valence-electron chi connectivity index (χ3n) is 3.22. The van der Waals surface area contributed by atoms with Crippen LogP contribution in [0.15, 0.2) is 24.3 Å². The van der Waals surface area contributed by atoms with Gasteiger partial charge < -0.3 is 10.6 Å². The molecule has 0 fully saturated rings. The lowest BCUT2D eigenvalue weighted by atomic mass is 10.2. The summed E-state index contributed by atoms with van der Waals surface area (Å²) in [5.74, 6) is -1.72. The van der Waals surface area contributed by atoms with Crippen molar-refractivity contribution in [2.45, 2.75) is 19.5 Å². The summed E-state index contributed by atoms with van der Waals surface area (Å²) in [5.41, 5.74) is -2.38. The molecule has 11 heteroatoms. The highest BCUT2D eigenvalue weighted by molar-refractivity contribution is 5.93. The maximum Gasteiger partial charge on any atom is 0.435 e. The van der Waals surface area contributed by atoms with Crippen molar-refractivity contribution in [1.82, 2.24) is 25.6 Å². The van der Waals surface area contributed by atoms with E-state index in [0.717, 1.165) is 25.1 Å². The van der Waals surface area contributed by atoms with E-state index in [1.807, 2.05) is 6.92 Å². The molecule has 1 aromatic carbocycles. The van der Waals surface area contributed by atoms with Gasteiger partial charge in [0.2, 0.25) is 0 Å². The lowest BCUT2D eigenvalue weighted by Crippen LogP contribution is -2.33. The van der Waals surface area contributed by atoms with Gasteiger partial charge in [0.25, 0.3) is 5.91 Å². The predicted octanol–water partition coefficient (Wildman–Crippen LogP) is 2.58. The van der Waals surface area contributed by atoms with Crippen LogP contribution in [0.1, 0.15) is 29.5 Å². The molecule has 0 spiro atoms. The number of carbonyl (C=O) groups excluding carboxylic acids is 1. The molecule has 0 unspecified atom stereocenters. The number of carbonyl (C=O) groups is 1. The number of hydrogen-bond acceptors (Lipinski definition) is 4. The molecule has 2 rings (SSSR count). The molecule has 1 amide bonds. The zero-order valence-electron chi connectivity index (χ0n) is 13.8. The van der Waals surface area contributed by atoms with Gasteiger partial charge in [-0.25, -0.2) is 9.07 Å². The Labute approximate surface area is 153 Å². The Morgan fingerprint density at radius 1 is 1.23 bits per heavy atom. The van der Waals surface area contributed by atoms with E-state index in [9.17, 15) is 22.4 Å². The number of benzene rings is 1. The Bertz CT molecular complexity index is 735. The fraction of sp³-hybridized carbons (Fsp3) is 0.400. The Kier molecular flexibility index (Phi) is 7.97. The number of hydrogen-bond donors (Lipinski definition) is 2. The SMILES string of the molecule is CCCNCCNC(=O)c1nnn(-c2cccc(F)c2)c1C(F)(F)F.Cl. The number of aromatic nitrogens is 3. The fourth-order valence-corrected chi connectivity index (χ4v) is 2.13. The molecular weight excluding hydrogens is 378 g/mol. The van der Waals surface area contributed by atoms with E-state index in [1.165, 1.54) is 12.1 Å². The van der Waals surface area contributed by atoms with Gasteiger partial charge in [-0.15, -0.1) is 17.5 Å². The van der Waals surface area contributed by atoms with E-state index in [1.54, 1.807) is 0 Å². The number of rotatable bonds is 7. The van der Waals surface area contributed by atoms with Crippen LogP contribution in [-0.4, -0.2) is 40.5 Å². The molecule has 144 valence electrons. The molecule has 0 saturated carbocycles. The highest BCUT2D eigenvalue weighted by Gasteiger charge is 2.42. The van der Waals surface area contributed by atoms with Crippen LogP contribution in [0.25, 0.3) is 5.69 Å². The number of nitrogens with one attached hydrogen (secondary N) is 2. The van der Waals surface area contributed by atoms with Crippen molar-refractivity contribution in [3.63, 3.8) is 0 Å². The summed E-state index contributed by atoms with van der Waals surface area (Å²) in [6, 6.07) is 4.44. The summed E-state index contributed by atoms with van der Waals surface area (Å²) in [7, 11) is 0. The van der Waals surface area contributed by atoms with Crippen molar-refractivity contribution in [1.29, 1.82) is 0 Å². The molecule has 0 radical (unpaired) electrons. The number of nitrogens with zero attached hydrogens (tertiary/aromatic N) is 3. The van der Waals surface area contributed by atoms with Crippen molar-refractivity contribution in [3.05, 3.63) is 41.5 Å². The summed E-state index contributed by atoms with van der Waals surface area (Å²) in [5, 5.41) is 12.1. The zero-order chi connectivity index (χ0) is 18.4. The average Bonchev–Trinajstić information content (AvgIpc) is 3.00. The van der Waals surface area contributed by atoms with Crippen LogP contribution < -0.4 is 10.6 Å². The van der Waals surface area contributed by atoms with Crippen molar-refractivity contribution in [2.75, 3.05) is 19.6 Å². The molecule has 0 aliphatic rings. The third kappa shape index (κ3) is 5.40. The monoisotopic (exact) mass is 395 g/mol. The molecule has 0 atom stereocenters. The van der Waals surface area contributed by atoms with Gasteiger partial charge >= 0.3 is 6.18 Å². The Morgan fingerprint density at radius 2 is 1.96 bits per heavy atom. The third-order valence-corrected chi connectivity index (χ3v) is 3.22. The van der Waals surface area contributed by atoms with Gasteiger partial charge in [-0.2, -0.15) is 13.2 Å². The Hall–Kier alpha value is -2.20. The van der Waals surface area contributed by atoms with Gasteiger partial charge in [-0.05, 0) is 31.2 Å². The summed E-state index contributed by atoms with van der Waals surface area (Å²) in [6.07, 6.45) is -3.99. The molecule has 2 aromatic rings. The molecule has 6 nitrogen and oxygen atoms in total. The first kappa shape index (κ1) is 21.8. The summed E-state index contributed by atoms with van der Waals surface area (Å²) in [6.45, 7) is 3.26. The minimum Gasteiger partial charge on any atom is -0.349 e. The van der Waals surface area contributed by atoms with E-state index in [2.05, 4.69) is 20.9 Å². The highest BCUT2D eigenvalue weighted by atomic mass is 35.5. The molecule has 2 N–H and O–H groups in total. The summed E-state index contributed by atoms with van der Waals surface area (Å²) < 4.78 is 53.9. The van der Waals surface area contributed by atoms with Crippen LogP contribution in [-0.2, 0) is 6.18 Å². The van der Waals surface area contributed by atoms with Crippen LogP contribution >= 0.6 is 12.4 Å². The van der Waals surface area contributed by atoms with Crippen molar-refractivity contribution in [2.24, 2.45) is 0 Å². The molecule has 0 aliphatic heterocycles. The first-order valence-electron chi connectivity index (χ1n) is 7.62. The van der Waals surface area contributed by atoms with E-state index in [4.69, 9.17) is 0 Å². The van der Waals surface area contributed by atoms with Gasteiger partial charge in [-0.3, -0.25) is 4.79 Å². The topological polar surface area (TPSA) is 71.8 Å². The lowest BCUT2D eigenvalue weighted by Gasteiger charge is -2.11. The highest BCUT2D eigenvalue weighted by Crippen LogP contribution is 2.32. The smallest absolute Gasteiger partial charge is 0.349 e. The van der Waals surface area contributed by atoms with Crippen LogP contribution in [0.3, 0.4) is 0 Å². The molecule has 1 aromatic heterocycles. The Morgan fingerprint density at radius 3 is 2.58 bits per heavy atom. The second-order valence-corrected chi connectivity index (χ2v) is 5.18. The molecule has 0 saturated heterocycles. The first-order valence-corrected chi connectivity index (χ1v) is 7.62. The number of alkyl halides is 3. The van der Waals surface area contributed by atoms with Crippen LogP contribution in [0.4, 0.5) is 17.6 Å². The molecule has 0 aliphatic carbocycles. The summed E-state index contributed by atoms with van der Waals surface area (Å²) in [4.78, 5) is 12.0. The van der Waals surface area contributed by atoms with Gasteiger partial charge in [-0.1, -0.05) is 18.2 Å². The quantitative estimate of drug-likeness (QED) is 0.558. The second kappa shape index (κ2) is 9.48. The van der Waals surface area contributed by atoms with Crippen molar-refractivity contribution >= 4 is 18.3 Å². The first-order chi connectivity index (χ1) is 11.8. The normalized spacial score (nSPS) is 11.1. The van der Waals surface area contributed by atoms with Gasteiger partial charge in [0.1, 0.15) is 5.82 Å². The maximum atomic E-state index is 13.4. The zero-order valence-corrected chi connectivity index (χ0v) is 14.6. The van der Waals surface area contributed by atoms with E-state index < -0.39 is 29.3 Å². The van der Waals surface area contributed by atoms with E-state index >= 15 is 0 Å². The maximum absolute atomic E-state index is 13.4. The number of halogens is 5. The molecular formula is C15H18ClF4N5O. The molecule has 26 heavy (non-hydrogen) atoms. The molecule has 1 heterocycles. The van der Waals surface area contributed by atoms with Crippen LogP contribution in [0.5, 0.6) is 0 Å². The van der Waals surface area contributed by atoms with Gasteiger partial charge in [0, 0.05) is 13.1 Å². The second-order valence-electron chi connectivity index (χ2n) is 5.18. The number of amides is 1. The van der Waals surface area contributed by atoms with E-state index in [-0.39, 0.29) is 24.6 Å². The lowest BCUT2D eigenvalue weighted by molar-refractivity contribution is -0.143. The average molecular weight is 396 g/mol. The van der Waals surface area contributed by atoms with Crippen LogP contribution in [0, 0.1) is 5.82 Å². The minimum atomic E-state index is -4.89. The van der Waals surface area contributed by atoms with Crippen LogP contribution in [0.2, 0.25) is 0 Å². The van der Waals surface area contributed by atoms with E-state index in [0.29, 0.717) is 11.2 Å². The predicted molar refractivity (Wildman–Crippen MR) is 89.1 cm³/mol. The fourth-order valence-electron chi connectivity index (χ4n) is 2.13. The van der Waals surface area contributed by atoms with Crippen molar-refractivity contribution < 1.29 is 22.4 Å². The summed E-state index contributed by atoms with van der Waals surface area (Å²) >= 11 is 0. The minimum absolute atomic E-state index is 0. The molecule has 0 bridgehead atoms. The standard InChI is InChI=1S/C15H17F4N5O.ClH/c1-2-6-20-7-8-21-14(25)12-13(15(17,18)19)24(23-22-12)11-5-3-4-10(16)9-11;/h3-5,9,20H,2,6-8H2,1H3,(H,21,25);1H. The largest absolute Gasteiger partial charge is 0.435 e.